The minimum atomic E-state index is -1.39. The van der Waals surface area contributed by atoms with Gasteiger partial charge in [0, 0.05) is 11.8 Å². The zero-order chi connectivity index (χ0) is 22.5. The second-order valence-electron chi connectivity index (χ2n) is 8.53. The molecule has 0 aliphatic rings. The average molecular weight is 494 g/mol. The van der Waals surface area contributed by atoms with Crippen LogP contribution in [0.1, 0.15) is 22.3 Å². The highest BCUT2D eigenvalue weighted by Gasteiger charge is 2.13. The Balaban J connectivity index is 0.000000455. The third kappa shape index (κ3) is 18.2. The van der Waals surface area contributed by atoms with Gasteiger partial charge < -0.3 is 9.53 Å². The van der Waals surface area contributed by atoms with E-state index in [1.165, 1.54) is 5.56 Å². The lowest BCUT2D eigenvalue weighted by molar-refractivity contribution is 0.282. The smallest absolute Gasteiger partial charge is 0.184 e. The Bertz CT molecular complexity index is 635. The summed E-state index contributed by atoms with van der Waals surface area (Å²) in [6.07, 6.45) is 0. The zero-order valence-electron chi connectivity index (χ0n) is 18.4. The van der Waals surface area contributed by atoms with Crippen LogP contribution in [0.5, 0.6) is 0 Å². The van der Waals surface area contributed by atoms with Gasteiger partial charge in [-0.25, -0.2) is 0 Å². The number of alkyl halides is 2. The fraction of sp³-hybridized carbons (Fsp3) is 0.455. The average Bonchev–Trinajstić information content (AvgIpc) is 2.65. The van der Waals surface area contributed by atoms with Gasteiger partial charge in [-0.2, -0.15) is 11.1 Å². The fourth-order valence-electron chi connectivity index (χ4n) is 1.76. The molecular formula is C22H35Cl3O2Si2. The molecule has 0 saturated carbocycles. The number of hydrogen-bond donors (Lipinski definition) is 1. The Labute approximate surface area is 194 Å². The molecule has 0 radical (unpaired) electrons. The third-order valence-corrected chi connectivity index (χ3v) is 4.84. The molecule has 0 amide bonds. The van der Waals surface area contributed by atoms with Gasteiger partial charge in [0.2, 0.25) is 0 Å². The van der Waals surface area contributed by atoms with Crippen molar-refractivity contribution in [3.63, 3.8) is 0 Å². The molecule has 0 spiro atoms. The second kappa shape index (κ2) is 14.6. The highest BCUT2D eigenvalue weighted by atomic mass is 35.6. The molecule has 0 bridgehead atoms. The summed E-state index contributed by atoms with van der Waals surface area (Å²) >= 11 is 16.9. The minimum Gasteiger partial charge on any atom is -0.413 e. The molecular weight excluding hydrogens is 459 g/mol. The van der Waals surface area contributed by atoms with E-state index in [1.807, 2.05) is 24.3 Å². The van der Waals surface area contributed by atoms with Gasteiger partial charge in [0.05, 0.1) is 13.2 Å². The van der Waals surface area contributed by atoms with Crippen molar-refractivity contribution >= 4 is 50.0 Å². The topological polar surface area (TPSA) is 29.5 Å². The monoisotopic (exact) mass is 492 g/mol. The highest BCUT2D eigenvalue weighted by Crippen LogP contribution is 2.11. The maximum absolute atomic E-state index is 8.67. The molecule has 0 saturated heterocycles. The van der Waals surface area contributed by atoms with Gasteiger partial charge in [0.25, 0.3) is 0 Å². The van der Waals surface area contributed by atoms with E-state index in [4.69, 9.17) is 43.8 Å². The van der Waals surface area contributed by atoms with E-state index in [0.29, 0.717) is 11.8 Å². The second-order valence-corrected chi connectivity index (χ2v) is 21.1. The summed E-state index contributed by atoms with van der Waals surface area (Å²) in [6, 6.07) is 15.8. The third-order valence-electron chi connectivity index (χ3n) is 3.21. The van der Waals surface area contributed by atoms with Gasteiger partial charge in [0.1, 0.15) is 7.38 Å². The maximum atomic E-state index is 8.67. The molecule has 2 rings (SSSR count). The van der Waals surface area contributed by atoms with Crippen LogP contribution in [-0.4, -0.2) is 20.8 Å². The molecule has 0 aliphatic heterocycles. The van der Waals surface area contributed by atoms with Gasteiger partial charge >= 0.3 is 0 Å². The maximum Gasteiger partial charge on any atom is 0.184 e. The van der Waals surface area contributed by atoms with E-state index in [0.717, 1.165) is 23.3 Å². The molecule has 0 aliphatic carbocycles. The summed E-state index contributed by atoms with van der Waals surface area (Å²) < 4.78 is 5.79. The lowest BCUT2D eigenvalue weighted by Gasteiger charge is -2.17. The van der Waals surface area contributed by atoms with Crippen LogP contribution in [0.3, 0.4) is 0 Å². The van der Waals surface area contributed by atoms with Gasteiger partial charge in [-0.3, -0.25) is 0 Å². The van der Waals surface area contributed by atoms with E-state index in [-0.39, 0.29) is 6.61 Å². The minimum absolute atomic E-state index is 0.0998. The van der Waals surface area contributed by atoms with Gasteiger partial charge in [-0.05, 0) is 41.9 Å². The molecule has 0 atom stereocenters. The van der Waals surface area contributed by atoms with Crippen molar-refractivity contribution in [2.24, 2.45) is 0 Å². The fourth-order valence-corrected chi connectivity index (χ4v) is 2.71. The molecule has 2 aromatic carbocycles. The normalized spacial score (nSPS) is 11.1. The van der Waals surface area contributed by atoms with Crippen LogP contribution in [-0.2, 0) is 29.4 Å². The van der Waals surface area contributed by atoms with Crippen LogP contribution in [0.15, 0.2) is 48.5 Å². The van der Waals surface area contributed by atoms with E-state index in [1.54, 1.807) is 0 Å². The molecule has 7 heteroatoms. The van der Waals surface area contributed by atoms with Crippen LogP contribution >= 0.6 is 34.3 Å². The predicted octanol–water partition coefficient (Wildman–Crippen LogP) is 7.75. The van der Waals surface area contributed by atoms with E-state index in [9.17, 15) is 0 Å². The van der Waals surface area contributed by atoms with Crippen molar-refractivity contribution in [2.45, 2.75) is 64.3 Å². The van der Waals surface area contributed by atoms with Gasteiger partial charge in [-0.1, -0.05) is 68.2 Å². The lowest BCUT2D eigenvalue weighted by Crippen LogP contribution is -2.24. The Kier molecular flexibility index (Phi) is 14.5. The number of benzene rings is 2. The molecule has 2 nitrogen and oxygen atoms in total. The SMILES string of the molecule is C[Si](C)(C)Cl.C[Si](C)(C)OCc1ccc(CCl)cc1.OCc1ccc(CCl)cc1. The van der Waals surface area contributed by atoms with Crippen molar-refractivity contribution in [1.29, 1.82) is 0 Å². The number of aliphatic hydroxyl groups is 1. The molecule has 0 fully saturated rings. The molecule has 0 heterocycles. The van der Waals surface area contributed by atoms with Crippen LogP contribution in [0.2, 0.25) is 39.3 Å². The van der Waals surface area contributed by atoms with Crippen molar-refractivity contribution in [3.8, 4) is 0 Å². The summed E-state index contributed by atoms with van der Waals surface area (Å²) in [5.74, 6) is 1.11. The van der Waals surface area contributed by atoms with Crippen molar-refractivity contribution in [1.82, 2.24) is 0 Å². The first kappa shape index (κ1) is 28.7. The molecule has 1 N–H and O–H groups in total. The van der Waals surface area contributed by atoms with Crippen LogP contribution < -0.4 is 0 Å². The molecule has 0 unspecified atom stereocenters. The summed E-state index contributed by atoms with van der Waals surface area (Å²) in [5.41, 5.74) is 4.39. The Morgan fingerprint density at radius 1 is 0.690 bits per heavy atom. The van der Waals surface area contributed by atoms with Crippen molar-refractivity contribution in [3.05, 3.63) is 70.8 Å². The Morgan fingerprint density at radius 3 is 1.28 bits per heavy atom. The van der Waals surface area contributed by atoms with Crippen molar-refractivity contribution < 1.29 is 9.53 Å². The van der Waals surface area contributed by atoms with Crippen LogP contribution in [0, 0.1) is 0 Å². The first-order valence-corrected chi connectivity index (χ1v) is 18.6. The molecule has 164 valence electrons. The van der Waals surface area contributed by atoms with E-state index in [2.05, 4.69) is 63.5 Å². The summed E-state index contributed by atoms with van der Waals surface area (Å²) in [4.78, 5) is 0. The predicted molar refractivity (Wildman–Crippen MR) is 135 cm³/mol. The first-order chi connectivity index (χ1) is 13.4. The highest BCUT2D eigenvalue weighted by molar-refractivity contribution is 7.18. The first-order valence-electron chi connectivity index (χ1n) is 9.59. The standard InChI is InChI=1S/C11H17ClOSi.C8H9ClO.C3H9ClSi/c1-14(2,3)13-9-11-6-4-10(8-12)5-7-11;9-5-7-1-3-8(6-10)4-2-7;1-5(2,3)4/h4-7H,8-9H2,1-3H3;1-4,10H,5-6H2;1-3H3. The quantitative estimate of drug-likeness (QED) is 0.253. The van der Waals surface area contributed by atoms with Gasteiger partial charge in [-0.15, -0.1) is 23.2 Å². The molecule has 2 aromatic rings. The number of halogens is 3. The van der Waals surface area contributed by atoms with Crippen LogP contribution in [0.25, 0.3) is 0 Å². The largest absolute Gasteiger partial charge is 0.413 e. The van der Waals surface area contributed by atoms with E-state index >= 15 is 0 Å². The molecule has 0 aromatic heterocycles. The summed E-state index contributed by atoms with van der Waals surface area (Å²) in [5, 5.41) is 8.67. The number of hydrogen-bond acceptors (Lipinski definition) is 2. The Morgan fingerprint density at radius 2 is 1.00 bits per heavy atom. The van der Waals surface area contributed by atoms with Gasteiger partial charge in [0.15, 0.2) is 8.32 Å². The lowest BCUT2D eigenvalue weighted by atomic mass is 10.2. The van der Waals surface area contributed by atoms with Crippen LogP contribution in [0.4, 0.5) is 0 Å². The van der Waals surface area contributed by atoms with Crippen molar-refractivity contribution in [2.75, 3.05) is 0 Å². The molecule has 29 heavy (non-hydrogen) atoms. The Hall–Kier alpha value is -0.336. The number of aliphatic hydroxyl groups excluding tert-OH is 1. The zero-order valence-corrected chi connectivity index (χ0v) is 22.7. The summed E-state index contributed by atoms with van der Waals surface area (Å²) in [6.45, 7) is 13.7. The summed E-state index contributed by atoms with van der Waals surface area (Å²) in [7, 11) is -2.53. The van der Waals surface area contributed by atoms with E-state index < -0.39 is 15.7 Å². The number of rotatable bonds is 6.